The van der Waals surface area contributed by atoms with Crippen LogP contribution in [-0.2, 0) is 33.8 Å². The summed E-state index contributed by atoms with van der Waals surface area (Å²) in [6.45, 7) is 4.84. The van der Waals surface area contributed by atoms with E-state index in [1.807, 2.05) is 6.92 Å². The molecule has 0 aliphatic carbocycles. The second kappa shape index (κ2) is 11.9. The minimum atomic E-state index is -0.889. The zero-order chi connectivity index (χ0) is 12.7. The van der Waals surface area contributed by atoms with Gasteiger partial charge in [-0.05, 0) is 12.8 Å². The van der Waals surface area contributed by atoms with Gasteiger partial charge in [-0.3, -0.25) is 9.59 Å². The van der Waals surface area contributed by atoms with Crippen LogP contribution in [0.25, 0.3) is 0 Å². The summed E-state index contributed by atoms with van der Waals surface area (Å²) in [6.07, 6.45) is 1.15. The summed E-state index contributed by atoms with van der Waals surface area (Å²) in [5.74, 6) is -1.83. The van der Waals surface area contributed by atoms with Crippen LogP contribution in [0.4, 0.5) is 0 Å². The van der Waals surface area contributed by atoms with Gasteiger partial charge in [-0.25, -0.2) is 0 Å². The van der Waals surface area contributed by atoms with Gasteiger partial charge in [0.25, 0.3) is 0 Å². The molecule has 0 fully saturated rings. The molecule has 0 bridgehead atoms. The maximum Gasteiger partial charge on any atom is 0.306 e. The van der Waals surface area contributed by atoms with Crippen molar-refractivity contribution in [3.05, 3.63) is 0 Å². The number of ether oxygens (including phenoxy) is 1. The molecule has 0 aliphatic rings. The number of carboxylic acid groups (broad SMARTS) is 1. The van der Waals surface area contributed by atoms with Crippen LogP contribution in [0.15, 0.2) is 0 Å². The van der Waals surface area contributed by atoms with Crippen molar-refractivity contribution in [1.82, 2.24) is 0 Å². The van der Waals surface area contributed by atoms with Gasteiger partial charge in [0.15, 0.2) is 0 Å². The van der Waals surface area contributed by atoms with Crippen molar-refractivity contribution < 1.29 is 44.4 Å². The third-order valence-electron chi connectivity index (χ3n) is 2.33. The zero-order valence-corrected chi connectivity index (χ0v) is 13.3. The van der Waals surface area contributed by atoms with Crippen molar-refractivity contribution in [2.75, 3.05) is 0 Å². The molecule has 0 aromatic heterocycles. The molecule has 0 aliphatic heterocycles. The Hall–Kier alpha value is -0.187. The smallest absolute Gasteiger partial charge is 0.306 e. The van der Waals surface area contributed by atoms with Crippen LogP contribution in [0.3, 0.4) is 0 Å². The minimum Gasteiger partial charge on any atom is -0.481 e. The van der Waals surface area contributed by atoms with Gasteiger partial charge in [0, 0.05) is 38.2 Å². The Kier molecular flexibility index (Phi) is 15.1. The van der Waals surface area contributed by atoms with E-state index in [1.165, 1.54) is 6.92 Å². The van der Waals surface area contributed by atoms with Gasteiger partial charge in [0.2, 0.25) is 0 Å². The summed E-state index contributed by atoms with van der Waals surface area (Å²) in [7, 11) is 0. The largest absolute Gasteiger partial charge is 0.481 e. The van der Waals surface area contributed by atoms with E-state index in [9.17, 15) is 9.59 Å². The fraction of sp³-hybridized carbons (Fsp3) is 0.818. The number of halogens is 1. The van der Waals surface area contributed by atoms with Gasteiger partial charge in [-0.2, -0.15) is 0 Å². The van der Waals surface area contributed by atoms with Crippen LogP contribution >= 0.6 is 11.6 Å². The Morgan fingerprint density at radius 1 is 1.33 bits per heavy atom. The van der Waals surface area contributed by atoms with E-state index in [0.29, 0.717) is 12.8 Å². The number of alkyl halides is 1. The molecular formula is C11H21ClO5Ru. The molecule has 3 N–H and O–H groups in total. The number of carbonyl (C=O) groups is 2. The van der Waals surface area contributed by atoms with Gasteiger partial charge in [-0.1, -0.05) is 13.8 Å². The quantitative estimate of drug-likeness (QED) is 0.419. The molecule has 0 radical (unpaired) electrons. The average molecular weight is 370 g/mol. The van der Waals surface area contributed by atoms with Crippen molar-refractivity contribution in [2.45, 2.75) is 51.5 Å². The van der Waals surface area contributed by atoms with Crippen molar-refractivity contribution in [3.63, 3.8) is 0 Å². The number of rotatable bonds is 7. The van der Waals surface area contributed by atoms with Gasteiger partial charge in [-0.15, -0.1) is 11.6 Å². The topological polar surface area (TPSA) is 95.1 Å². The Labute approximate surface area is 125 Å². The molecule has 0 saturated heterocycles. The first kappa shape index (κ1) is 22.9. The van der Waals surface area contributed by atoms with Gasteiger partial charge in [0.1, 0.15) is 6.10 Å². The molecular weight excluding hydrogens is 349 g/mol. The third kappa shape index (κ3) is 10.9. The Morgan fingerprint density at radius 2 is 1.83 bits per heavy atom. The number of hydrogen-bond donors (Lipinski definition) is 1. The van der Waals surface area contributed by atoms with E-state index in [1.54, 1.807) is 6.92 Å². The molecule has 0 aromatic carbocycles. The summed E-state index contributed by atoms with van der Waals surface area (Å²) < 4.78 is 5.06. The van der Waals surface area contributed by atoms with Crippen molar-refractivity contribution in [3.8, 4) is 0 Å². The molecule has 5 nitrogen and oxygen atoms in total. The molecule has 0 amide bonds. The molecule has 110 valence electrons. The Bertz CT molecular complexity index is 250. The van der Waals surface area contributed by atoms with Crippen LogP contribution in [0.5, 0.6) is 0 Å². The first-order valence-corrected chi connectivity index (χ1v) is 5.84. The third-order valence-corrected chi connectivity index (χ3v) is 2.82. The van der Waals surface area contributed by atoms with E-state index >= 15 is 0 Å². The van der Waals surface area contributed by atoms with E-state index in [2.05, 4.69) is 0 Å². The first-order chi connectivity index (χ1) is 7.36. The van der Waals surface area contributed by atoms with E-state index in [4.69, 9.17) is 21.4 Å². The summed E-state index contributed by atoms with van der Waals surface area (Å²) in [5, 5.41) is 8.69. The van der Waals surface area contributed by atoms with Gasteiger partial charge < -0.3 is 15.3 Å². The summed E-state index contributed by atoms with van der Waals surface area (Å²) in [4.78, 5) is 21.6. The van der Waals surface area contributed by atoms with Crippen molar-refractivity contribution in [2.24, 2.45) is 5.92 Å². The SMILES string of the molecule is CCC(Cl)CC(CC(C)C(=O)O)OC(C)=O.O.[Ru]. The van der Waals surface area contributed by atoms with Crippen LogP contribution in [-0.4, -0.2) is 34.0 Å². The molecule has 0 aromatic rings. The predicted molar refractivity (Wildman–Crippen MR) is 65.1 cm³/mol. The summed E-state index contributed by atoms with van der Waals surface area (Å²) in [5.41, 5.74) is 0. The first-order valence-electron chi connectivity index (χ1n) is 5.40. The van der Waals surface area contributed by atoms with Crippen LogP contribution in [0.2, 0.25) is 0 Å². The Balaban J connectivity index is -0.00000112. The molecule has 7 heteroatoms. The molecule has 0 spiro atoms. The normalized spacial score (nSPS) is 14.4. The molecule has 18 heavy (non-hydrogen) atoms. The van der Waals surface area contributed by atoms with E-state index in [0.717, 1.165) is 6.42 Å². The van der Waals surface area contributed by atoms with Crippen LogP contribution in [0.1, 0.15) is 40.0 Å². The minimum absolute atomic E-state index is 0. The number of aliphatic carboxylic acids is 1. The van der Waals surface area contributed by atoms with E-state index in [-0.39, 0.29) is 30.3 Å². The maximum atomic E-state index is 10.9. The predicted octanol–water partition coefficient (Wildman–Crippen LogP) is 1.61. The van der Waals surface area contributed by atoms with Gasteiger partial charge >= 0.3 is 11.9 Å². The molecule has 0 heterocycles. The average Bonchev–Trinajstić information content (AvgIpc) is 2.16. The van der Waals surface area contributed by atoms with Crippen LogP contribution in [0, 0.1) is 5.92 Å². The standard InChI is InChI=1S/C11H19ClO4.H2O.Ru/c1-4-9(12)6-10(16-8(3)13)5-7(2)11(14)15;;/h7,9-10H,4-6H2,1-3H3,(H,14,15);1H2;. The summed E-state index contributed by atoms with van der Waals surface area (Å²) in [6, 6.07) is 0. The fourth-order valence-corrected chi connectivity index (χ4v) is 1.57. The molecule has 0 saturated carbocycles. The zero-order valence-electron chi connectivity index (χ0n) is 10.8. The van der Waals surface area contributed by atoms with E-state index < -0.39 is 24.0 Å². The number of carboxylic acids is 1. The Morgan fingerprint density at radius 3 is 2.17 bits per heavy atom. The van der Waals surface area contributed by atoms with Gasteiger partial charge in [0.05, 0.1) is 5.92 Å². The summed E-state index contributed by atoms with van der Waals surface area (Å²) >= 11 is 5.97. The van der Waals surface area contributed by atoms with Crippen molar-refractivity contribution in [1.29, 1.82) is 0 Å². The second-order valence-corrected chi connectivity index (χ2v) is 4.56. The fourth-order valence-electron chi connectivity index (χ4n) is 1.37. The van der Waals surface area contributed by atoms with Crippen LogP contribution < -0.4 is 0 Å². The number of hydrogen-bond acceptors (Lipinski definition) is 3. The van der Waals surface area contributed by atoms with Crippen molar-refractivity contribution >= 4 is 23.5 Å². The molecule has 0 rings (SSSR count). The number of carbonyl (C=O) groups excluding carboxylic acids is 1. The second-order valence-electron chi connectivity index (χ2n) is 3.95. The number of esters is 1. The monoisotopic (exact) mass is 370 g/mol. The molecule has 3 unspecified atom stereocenters. The molecule has 3 atom stereocenters. The maximum absolute atomic E-state index is 10.9.